The quantitative estimate of drug-likeness (QED) is 0.609. The molecule has 0 unspecified atom stereocenters. The molecule has 184 valence electrons. The lowest BCUT2D eigenvalue weighted by molar-refractivity contribution is -0.140. The summed E-state index contributed by atoms with van der Waals surface area (Å²) in [7, 11) is 0. The van der Waals surface area contributed by atoms with Crippen molar-refractivity contribution in [3.8, 4) is 0 Å². The van der Waals surface area contributed by atoms with E-state index in [1.165, 1.54) is 19.2 Å². The molecule has 9 nitrogen and oxygen atoms in total. The molecule has 2 amide bonds. The third-order valence-electron chi connectivity index (χ3n) is 7.45. The van der Waals surface area contributed by atoms with E-state index in [4.69, 9.17) is 0 Å². The van der Waals surface area contributed by atoms with E-state index in [0.717, 1.165) is 54.9 Å². The Morgan fingerprint density at radius 2 is 1.91 bits per heavy atom. The van der Waals surface area contributed by atoms with Crippen LogP contribution in [0.4, 0.5) is 5.69 Å². The molecule has 3 aromatic rings. The van der Waals surface area contributed by atoms with Crippen LogP contribution in [0.1, 0.15) is 59.8 Å². The van der Waals surface area contributed by atoms with Crippen molar-refractivity contribution in [1.82, 2.24) is 29.4 Å². The zero-order valence-corrected chi connectivity index (χ0v) is 20.7. The molecule has 0 radical (unpaired) electrons. The summed E-state index contributed by atoms with van der Waals surface area (Å²) < 4.78 is 1.72. The molecular weight excluding hydrogens is 442 g/mol. The fourth-order valence-corrected chi connectivity index (χ4v) is 5.36. The second-order valence-corrected chi connectivity index (χ2v) is 9.91. The molecule has 2 fully saturated rings. The summed E-state index contributed by atoms with van der Waals surface area (Å²) in [5.74, 6) is 0.338. The van der Waals surface area contributed by atoms with Crippen molar-refractivity contribution in [3.05, 3.63) is 53.2 Å². The highest BCUT2D eigenvalue weighted by Gasteiger charge is 2.33. The summed E-state index contributed by atoms with van der Waals surface area (Å²) in [5.41, 5.74) is 4.86. The first-order valence-electron chi connectivity index (χ1n) is 12.5. The van der Waals surface area contributed by atoms with Gasteiger partial charge in [0.15, 0.2) is 5.65 Å². The van der Waals surface area contributed by atoms with Crippen LogP contribution in [-0.2, 0) is 11.3 Å². The van der Waals surface area contributed by atoms with E-state index in [2.05, 4.69) is 37.1 Å². The molecule has 9 heteroatoms. The average molecular weight is 476 g/mol. The van der Waals surface area contributed by atoms with Crippen LogP contribution in [0.15, 0.2) is 30.9 Å². The molecule has 0 bridgehead atoms. The lowest BCUT2D eigenvalue weighted by Gasteiger charge is -2.41. The van der Waals surface area contributed by atoms with Gasteiger partial charge in [-0.25, -0.2) is 9.50 Å². The highest BCUT2D eigenvalue weighted by atomic mass is 16.2. The summed E-state index contributed by atoms with van der Waals surface area (Å²) >= 11 is 0. The maximum atomic E-state index is 13.0. The summed E-state index contributed by atoms with van der Waals surface area (Å²) in [6, 6.07) is 3.77. The van der Waals surface area contributed by atoms with Crippen molar-refractivity contribution in [2.24, 2.45) is 5.92 Å². The third kappa shape index (κ3) is 4.77. The Kier molecular flexibility index (Phi) is 6.51. The zero-order valence-electron chi connectivity index (χ0n) is 20.7. The van der Waals surface area contributed by atoms with E-state index in [1.54, 1.807) is 16.8 Å². The first-order valence-corrected chi connectivity index (χ1v) is 12.5. The summed E-state index contributed by atoms with van der Waals surface area (Å²) in [6.45, 7) is 9.09. The van der Waals surface area contributed by atoms with Gasteiger partial charge in [0.2, 0.25) is 5.91 Å². The number of hydrogen-bond donors (Lipinski definition) is 1. The first-order chi connectivity index (χ1) is 16.9. The number of nitrogens with zero attached hydrogens (tertiary/aromatic N) is 6. The highest BCUT2D eigenvalue weighted by molar-refractivity contribution is 6.04. The molecule has 4 heterocycles. The number of piperazine rings is 1. The first kappa shape index (κ1) is 23.4. The predicted octanol–water partition coefficient (Wildman–Crippen LogP) is 3.22. The van der Waals surface area contributed by atoms with Gasteiger partial charge in [-0.1, -0.05) is 12.8 Å². The molecular formula is C26H33N7O2. The molecule has 0 spiro atoms. The van der Waals surface area contributed by atoms with Crippen molar-refractivity contribution in [2.75, 3.05) is 25.0 Å². The molecule has 1 saturated carbocycles. The molecule has 1 saturated heterocycles. The normalized spacial score (nSPS) is 19.4. The number of aromatic nitrogens is 4. The number of amides is 2. The lowest BCUT2D eigenvalue weighted by Crippen LogP contribution is -2.54. The second-order valence-electron chi connectivity index (χ2n) is 9.91. The molecule has 1 aliphatic heterocycles. The number of anilines is 1. The monoisotopic (exact) mass is 475 g/mol. The van der Waals surface area contributed by atoms with Gasteiger partial charge in [0.05, 0.1) is 17.4 Å². The molecule has 0 aromatic carbocycles. The van der Waals surface area contributed by atoms with Gasteiger partial charge in [-0.15, -0.1) is 0 Å². The SMILES string of the molecule is Cc1ccc(C(=O)Nc2cn3ncnc3c(CN3CCN(C(=O)C4CCCC4)[C@@H](C)C3)c2C)cn1. The van der Waals surface area contributed by atoms with Crippen molar-refractivity contribution < 1.29 is 9.59 Å². The van der Waals surface area contributed by atoms with Gasteiger partial charge in [-0.3, -0.25) is 19.5 Å². The van der Waals surface area contributed by atoms with E-state index < -0.39 is 0 Å². The predicted molar refractivity (Wildman–Crippen MR) is 133 cm³/mol. The Morgan fingerprint density at radius 3 is 2.63 bits per heavy atom. The molecule has 2 aliphatic rings. The van der Waals surface area contributed by atoms with E-state index in [9.17, 15) is 9.59 Å². The minimum Gasteiger partial charge on any atom is -0.337 e. The third-order valence-corrected chi connectivity index (χ3v) is 7.45. The number of carbonyl (C=O) groups excluding carboxylic acids is 2. The second kappa shape index (κ2) is 9.73. The van der Waals surface area contributed by atoms with Gasteiger partial charge in [-0.05, 0) is 51.3 Å². The zero-order chi connectivity index (χ0) is 24.5. The number of fused-ring (bicyclic) bond motifs is 1. The Labute approximate surface area is 205 Å². The Morgan fingerprint density at radius 1 is 1.11 bits per heavy atom. The van der Waals surface area contributed by atoms with E-state index in [1.807, 2.05) is 26.1 Å². The van der Waals surface area contributed by atoms with Crippen LogP contribution in [0, 0.1) is 19.8 Å². The van der Waals surface area contributed by atoms with E-state index in [-0.39, 0.29) is 17.9 Å². The largest absolute Gasteiger partial charge is 0.337 e. The lowest BCUT2D eigenvalue weighted by atomic mass is 10.0. The minimum atomic E-state index is -0.210. The number of aryl methyl sites for hydroxylation is 1. The Balaban J connectivity index is 1.33. The van der Waals surface area contributed by atoms with Crippen LogP contribution in [0.5, 0.6) is 0 Å². The van der Waals surface area contributed by atoms with Gasteiger partial charge < -0.3 is 10.2 Å². The molecule has 1 atom stereocenters. The summed E-state index contributed by atoms with van der Waals surface area (Å²) in [4.78, 5) is 39.0. The molecule has 1 aliphatic carbocycles. The number of nitrogens with one attached hydrogen (secondary N) is 1. The van der Waals surface area contributed by atoms with Gasteiger partial charge in [0.25, 0.3) is 5.91 Å². The summed E-state index contributed by atoms with van der Waals surface area (Å²) in [6.07, 6.45) is 9.34. The van der Waals surface area contributed by atoms with E-state index >= 15 is 0 Å². The summed E-state index contributed by atoms with van der Waals surface area (Å²) in [5, 5.41) is 7.36. The van der Waals surface area contributed by atoms with Crippen molar-refractivity contribution in [1.29, 1.82) is 0 Å². The van der Waals surface area contributed by atoms with Crippen LogP contribution in [0.3, 0.4) is 0 Å². The highest BCUT2D eigenvalue weighted by Crippen LogP contribution is 2.29. The van der Waals surface area contributed by atoms with Crippen LogP contribution >= 0.6 is 0 Å². The van der Waals surface area contributed by atoms with Crippen molar-refractivity contribution in [3.63, 3.8) is 0 Å². The maximum absolute atomic E-state index is 13.0. The molecule has 35 heavy (non-hydrogen) atoms. The van der Waals surface area contributed by atoms with Gasteiger partial charge in [0.1, 0.15) is 6.33 Å². The smallest absolute Gasteiger partial charge is 0.257 e. The van der Waals surface area contributed by atoms with Crippen molar-refractivity contribution in [2.45, 2.75) is 59.0 Å². The Bertz CT molecular complexity index is 1230. The fraction of sp³-hybridized carbons (Fsp3) is 0.500. The van der Waals surface area contributed by atoms with Gasteiger partial charge >= 0.3 is 0 Å². The molecule has 3 aromatic heterocycles. The van der Waals surface area contributed by atoms with E-state index in [0.29, 0.717) is 23.7 Å². The molecule has 1 N–H and O–H groups in total. The number of pyridine rings is 2. The topological polar surface area (TPSA) is 95.7 Å². The standard InChI is InChI=1S/C26H33N7O2/c1-17-8-9-21(12-27-17)25(34)30-23-15-33-24(28-16-29-33)22(19(23)3)14-31-10-11-32(18(2)13-31)26(35)20-6-4-5-7-20/h8-9,12,15-16,18,20H,4-7,10-11,13-14H2,1-3H3,(H,30,34)/t18-/m0/s1. The Hall–Kier alpha value is -3.33. The van der Waals surface area contributed by atoms with Crippen LogP contribution in [0.25, 0.3) is 5.65 Å². The van der Waals surface area contributed by atoms with Crippen LogP contribution in [0.2, 0.25) is 0 Å². The maximum Gasteiger partial charge on any atom is 0.257 e. The number of rotatable bonds is 5. The van der Waals surface area contributed by atoms with Crippen molar-refractivity contribution >= 4 is 23.1 Å². The fourth-order valence-electron chi connectivity index (χ4n) is 5.36. The average Bonchev–Trinajstić information content (AvgIpc) is 3.54. The van der Waals surface area contributed by atoms with Crippen LogP contribution in [-0.4, -0.2) is 66.9 Å². The number of carbonyl (C=O) groups is 2. The van der Waals surface area contributed by atoms with Gasteiger partial charge in [-0.2, -0.15) is 5.10 Å². The van der Waals surface area contributed by atoms with Gasteiger partial charge in [0, 0.05) is 55.6 Å². The number of hydrogen-bond acceptors (Lipinski definition) is 6. The van der Waals surface area contributed by atoms with Crippen LogP contribution < -0.4 is 5.32 Å². The molecule has 5 rings (SSSR count). The minimum absolute atomic E-state index is 0.169.